The van der Waals surface area contributed by atoms with Crippen molar-refractivity contribution in [3.63, 3.8) is 0 Å². The summed E-state index contributed by atoms with van der Waals surface area (Å²) in [5.74, 6) is 0.445. The summed E-state index contributed by atoms with van der Waals surface area (Å²) in [5, 5.41) is 11.7. The highest BCUT2D eigenvalue weighted by molar-refractivity contribution is 5.93. The van der Waals surface area contributed by atoms with Gasteiger partial charge in [-0.15, -0.1) is 0 Å². The van der Waals surface area contributed by atoms with Crippen molar-refractivity contribution < 1.29 is 14.6 Å². The Morgan fingerprint density at radius 3 is 2.65 bits per heavy atom. The molecule has 2 aromatic carbocycles. The highest BCUT2D eigenvalue weighted by Crippen LogP contribution is 2.29. The zero-order valence-electron chi connectivity index (χ0n) is 11.5. The largest absolute Gasteiger partial charge is 0.508 e. The second-order valence-corrected chi connectivity index (χ2v) is 4.42. The number of hydrogen-bond donors (Lipinski definition) is 1. The van der Waals surface area contributed by atoms with Crippen molar-refractivity contribution >= 4 is 22.6 Å². The smallest absolute Gasteiger partial charge is 0.156 e. The number of ketones is 1. The van der Waals surface area contributed by atoms with Crippen LogP contribution in [0.3, 0.4) is 0 Å². The van der Waals surface area contributed by atoms with Crippen molar-refractivity contribution in [1.29, 1.82) is 0 Å². The van der Waals surface area contributed by atoms with E-state index in [1.54, 1.807) is 13.2 Å². The molecule has 0 radical (unpaired) electrons. The Labute approximate surface area is 117 Å². The van der Waals surface area contributed by atoms with Crippen LogP contribution in [0.25, 0.3) is 16.8 Å². The minimum atomic E-state index is -0.197. The molecule has 0 amide bonds. The summed E-state index contributed by atoms with van der Waals surface area (Å²) < 4.78 is 5.35. The maximum Gasteiger partial charge on any atom is 0.156 e. The van der Waals surface area contributed by atoms with E-state index in [1.165, 1.54) is 19.1 Å². The minimum Gasteiger partial charge on any atom is -0.508 e. The van der Waals surface area contributed by atoms with E-state index >= 15 is 0 Å². The summed E-state index contributed by atoms with van der Waals surface area (Å²) >= 11 is 0. The maximum absolute atomic E-state index is 10.9. The molecule has 102 valence electrons. The third-order valence-electron chi connectivity index (χ3n) is 2.92. The van der Waals surface area contributed by atoms with Crippen molar-refractivity contribution in [1.82, 2.24) is 0 Å². The molecule has 0 bridgehead atoms. The molecule has 0 unspecified atom stereocenters. The lowest BCUT2D eigenvalue weighted by molar-refractivity contribution is -0.112. The molecule has 0 spiro atoms. The molecule has 3 nitrogen and oxygen atoms in total. The van der Waals surface area contributed by atoms with Gasteiger partial charge in [0.05, 0.1) is 7.11 Å². The normalized spacial score (nSPS) is 12.0. The van der Waals surface area contributed by atoms with E-state index in [2.05, 4.69) is 0 Å². The Morgan fingerprint density at radius 1 is 1.20 bits per heavy atom. The molecule has 2 aromatic rings. The van der Waals surface area contributed by atoms with Gasteiger partial charge in [0.15, 0.2) is 5.78 Å². The van der Waals surface area contributed by atoms with Gasteiger partial charge in [0.2, 0.25) is 0 Å². The number of fused-ring (bicyclic) bond motifs is 1. The number of rotatable bonds is 4. The van der Waals surface area contributed by atoms with Gasteiger partial charge >= 0.3 is 0 Å². The van der Waals surface area contributed by atoms with Crippen LogP contribution in [0.15, 0.2) is 54.3 Å². The summed E-state index contributed by atoms with van der Waals surface area (Å²) in [6.45, 7) is 1.39. The van der Waals surface area contributed by atoms with E-state index < -0.39 is 0 Å². The Morgan fingerprint density at radius 2 is 1.95 bits per heavy atom. The number of methoxy groups -OCH3 is 1. The molecule has 3 heteroatoms. The SMILES string of the molecule is COc1ccc2ccccc2c1/C=C/C(O)=C/C(C)=O. The molecule has 1 N–H and O–H groups in total. The first-order valence-electron chi connectivity index (χ1n) is 6.27. The van der Waals surface area contributed by atoms with Gasteiger partial charge in [-0.3, -0.25) is 4.79 Å². The number of aliphatic hydroxyl groups is 1. The van der Waals surface area contributed by atoms with Gasteiger partial charge in [0, 0.05) is 11.6 Å². The zero-order chi connectivity index (χ0) is 14.5. The van der Waals surface area contributed by atoms with Crippen LogP contribution in [0.4, 0.5) is 0 Å². The van der Waals surface area contributed by atoms with E-state index in [4.69, 9.17) is 4.74 Å². The lowest BCUT2D eigenvalue weighted by Gasteiger charge is -2.08. The molecular formula is C17H16O3. The van der Waals surface area contributed by atoms with Gasteiger partial charge < -0.3 is 9.84 Å². The quantitative estimate of drug-likeness (QED) is 0.520. The van der Waals surface area contributed by atoms with Crippen LogP contribution in [0.5, 0.6) is 5.75 Å². The maximum atomic E-state index is 10.9. The van der Waals surface area contributed by atoms with Crippen molar-refractivity contribution in [2.75, 3.05) is 7.11 Å². The molecular weight excluding hydrogens is 252 g/mol. The van der Waals surface area contributed by atoms with Gasteiger partial charge in [0.25, 0.3) is 0 Å². The standard InChI is InChI=1S/C17H16O3/c1-12(18)11-14(19)8-9-16-15-6-4-3-5-13(15)7-10-17(16)20-2/h3-11,19H,1-2H3/b9-8+,14-11-. The third-order valence-corrected chi connectivity index (χ3v) is 2.92. The second-order valence-electron chi connectivity index (χ2n) is 4.42. The lowest BCUT2D eigenvalue weighted by atomic mass is 10.0. The number of aliphatic hydroxyl groups excluding tert-OH is 1. The van der Waals surface area contributed by atoms with Crippen LogP contribution in [0.2, 0.25) is 0 Å². The number of carbonyl (C=O) groups excluding carboxylic acids is 1. The highest BCUT2D eigenvalue weighted by Gasteiger charge is 2.05. The lowest BCUT2D eigenvalue weighted by Crippen LogP contribution is -1.89. The molecule has 0 heterocycles. The topological polar surface area (TPSA) is 46.5 Å². The first-order chi connectivity index (χ1) is 9.61. The van der Waals surface area contributed by atoms with E-state index in [9.17, 15) is 9.90 Å². The average molecular weight is 268 g/mol. The predicted molar refractivity (Wildman–Crippen MR) is 80.9 cm³/mol. The van der Waals surface area contributed by atoms with Gasteiger partial charge in [-0.1, -0.05) is 30.3 Å². The zero-order valence-corrected chi connectivity index (χ0v) is 11.5. The van der Waals surface area contributed by atoms with Crippen molar-refractivity contribution in [3.8, 4) is 5.75 Å². The van der Waals surface area contributed by atoms with E-state index in [1.807, 2.05) is 36.4 Å². The number of allylic oxidation sites excluding steroid dienone is 2. The van der Waals surface area contributed by atoms with Gasteiger partial charge in [0.1, 0.15) is 11.5 Å². The van der Waals surface area contributed by atoms with Crippen molar-refractivity contribution in [2.24, 2.45) is 0 Å². The summed E-state index contributed by atoms with van der Waals surface area (Å²) in [6.07, 6.45) is 4.41. The van der Waals surface area contributed by atoms with Crippen LogP contribution in [0, 0.1) is 0 Å². The molecule has 0 atom stereocenters. The number of carbonyl (C=O) groups is 1. The molecule has 0 aromatic heterocycles. The highest BCUT2D eigenvalue weighted by atomic mass is 16.5. The Bertz CT molecular complexity index is 696. The molecule has 0 aliphatic carbocycles. The average Bonchev–Trinajstić information content (AvgIpc) is 2.43. The molecule has 0 saturated heterocycles. The third kappa shape index (κ3) is 3.06. The second kappa shape index (κ2) is 6.06. The van der Waals surface area contributed by atoms with Crippen LogP contribution in [-0.4, -0.2) is 18.0 Å². The van der Waals surface area contributed by atoms with Crippen molar-refractivity contribution in [2.45, 2.75) is 6.92 Å². The number of ether oxygens (including phenoxy) is 1. The fraction of sp³-hybridized carbons (Fsp3) is 0.118. The van der Waals surface area contributed by atoms with Crippen LogP contribution in [0.1, 0.15) is 12.5 Å². The fourth-order valence-electron chi connectivity index (χ4n) is 2.05. The Kier molecular flexibility index (Phi) is 4.20. The summed E-state index contributed by atoms with van der Waals surface area (Å²) in [5.41, 5.74) is 0.870. The molecule has 0 aliphatic heterocycles. The van der Waals surface area contributed by atoms with Gasteiger partial charge in [-0.25, -0.2) is 0 Å². The monoisotopic (exact) mass is 268 g/mol. The van der Waals surface area contributed by atoms with Crippen LogP contribution < -0.4 is 4.74 Å². The van der Waals surface area contributed by atoms with E-state index in [-0.39, 0.29) is 11.5 Å². The van der Waals surface area contributed by atoms with Gasteiger partial charge in [-0.05, 0) is 35.9 Å². The molecule has 0 saturated carbocycles. The molecule has 0 fully saturated rings. The first-order valence-corrected chi connectivity index (χ1v) is 6.27. The van der Waals surface area contributed by atoms with Crippen molar-refractivity contribution in [3.05, 3.63) is 59.9 Å². The molecule has 20 heavy (non-hydrogen) atoms. The minimum absolute atomic E-state index is 0.0764. The first kappa shape index (κ1) is 13.9. The summed E-state index contributed by atoms with van der Waals surface area (Å²) in [7, 11) is 1.60. The van der Waals surface area contributed by atoms with E-state index in [0.29, 0.717) is 0 Å². The Balaban J connectivity index is 2.52. The van der Waals surface area contributed by atoms with Gasteiger partial charge in [-0.2, -0.15) is 0 Å². The Hall–Kier alpha value is -2.55. The summed E-state index contributed by atoms with van der Waals surface area (Å²) in [6, 6.07) is 11.8. The molecule has 2 rings (SSSR count). The predicted octanol–water partition coefficient (Wildman–Crippen LogP) is 3.89. The number of benzene rings is 2. The molecule has 0 aliphatic rings. The van der Waals surface area contributed by atoms with Crippen LogP contribution in [-0.2, 0) is 4.79 Å². The van der Waals surface area contributed by atoms with E-state index in [0.717, 1.165) is 22.1 Å². The van der Waals surface area contributed by atoms with Crippen LogP contribution >= 0.6 is 0 Å². The number of hydrogen-bond acceptors (Lipinski definition) is 3. The fourth-order valence-corrected chi connectivity index (χ4v) is 2.05. The summed E-state index contributed by atoms with van der Waals surface area (Å²) in [4.78, 5) is 10.9.